The molecule has 0 bridgehead atoms. The number of ether oxygens (including phenoxy) is 1. The first kappa shape index (κ1) is 17.4. The minimum atomic E-state index is -0.877. The molecule has 0 aliphatic carbocycles. The van der Waals surface area contributed by atoms with E-state index in [1.165, 1.54) is 0 Å². The molecule has 0 aromatic carbocycles. The third-order valence-corrected chi connectivity index (χ3v) is 3.67. The van der Waals surface area contributed by atoms with Crippen LogP contribution in [0.5, 0.6) is 0 Å². The van der Waals surface area contributed by atoms with Crippen LogP contribution in [0.1, 0.15) is 45.4 Å². The Morgan fingerprint density at radius 3 is 2.38 bits per heavy atom. The lowest BCUT2D eigenvalue weighted by Crippen LogP contribution is -2.45. The topological polar surface area (TPSA) is 105 Å². The lowest BCUT2D eigenvalue weighted by molar-refractivity contribution is -0.137. The van der Waals surface area contributed by atoms with Crippen LogP contribution in [0.25, 0.3) is 0 Å². The molecule has 1 saturated heterocycles. The van der Waals surface area contributed by atoms with Crippen LogP contribution in [0.2, 0.25) is 0 Å². The molecule has 1 heterocycles. The number of carboxylic acid groups (broad SMARTS) is 1. The lowest BCUT2D eigenvalue weighted by atomic mass is 9.82. The zero-order chi connectivity index (χ0) is 15.7. The summed E-state index contributed by atoms with van der Waals surface area (Å²) in [7, 11) is 0. The maximum absolute atomic E-state index is 11.6. The molecule has 1 aliphatic heterocycles. The normalized spacial score (nSPS) is 17.0. The van der Waals surface area contributed by atoms with Crippen molar-refractivity contribution in [3.05, 3.63) is 0 Å². The summed E-state index contributed by atoms with van der Waals surface area (Å²) in [6, 6.07) is -0.494. The lowest BCUT2D eigenvalue weighted by Gasteiger charge is -2.33. The first-order valence-corrected chi connectivity index (χ1v) is 7.28. The summed E-state index contributed by atoms with van der Waals surface area (Å²) in [6.45, 7) is 3.99. The van der Waals surface area contributed by atoms with Crippen LogP contribution in [-0.4, -0.2) is 42.8 Å². The van der Waals surface area contributed by atoms with Gasteiger partial charge in [0, 0.05) is 32.6 Å². The third-order valence-electron chi connectivity index (χ3n) is 3.67. The average molecular weight is 300 g/mol. The molecule has 7 heteroatoms. The van der Waals surface area contributed by atoms with Gasteiger partial charge in [0.15, 0.2) is 0 Å². The SMILES string of the molecule is CC1(CNC(=O)NC(=O)CCCCC(=O)O)CCOCC1. The van der Waals surface area contributed by atoms with Gasteiger partial charge in [-0.1, -0.05) is 6.92 Å². The molecule has 1 rings (SSSR count). The van der Waals surface area contributed by atoms with E-state index in [4.69, 9.17) is 9.84 Å². The number of carboxylic acids is 1. The maximum Gasteiger partial charge on any atom is 0.321 e. The molecular weight excluding hydrogens is 276 g/mol. The number of urea groups is 1. The number of hydrogen-bond acceptors (Lipinski definition) is 4. The molecule has 3 N–H and O–H groups in total. The Bertz CT molecular complexity index is 378. The molecule has 0 radical (unpaired) electrons. The number of aliphatic carboxylic acids is 1. The van der Waals surface area contributed by atoms with Gasteiger partial charge in [0.1, 0.15) is 0 Å². The minimum Gasteiger partial charge on any atom is -0.481 e. The van der Waals surface area contributed by atoms with Crippen molar-refractivity contribution in [2.75, 3.05) is 19.8 Å². The molecule has 1 aliphatic rings. The highest BCUT2D eigenvalue weighted by Gasteiger charge is 2.27. The van der Waals surface area contributed by atoms with Crippen molar-refractivity contribution in [1.29, 1.82) is 0 Å². The van der Waals surface area contributed by atoms with Crippen LogP contribution < -0.4 is 10.6 Å². The van der Waals surface area contributed by atoms with Crippen molar-refractivity contribution in [3.63, 3.8) is 0 Å². The maximum atomic E-state index is 11.6. The zero-order valence-electron chi connectivity index (χ0n) is 12.4. The van der Waals surface area contributed by atoms with Crippen LogP contribution in [0.4, 0.5) is 4.79 Å². The second-order valence-electron chi connectivity index (χ2n) is 5.75. The van der Waals surface area contributed by atoms with Gasteiger partial charge in [-0.2, -0.15) is 0 Å². The summed E-state index contributed by atoms with van der Waals surface area (Å²) in [4.78, 5) is 33.4. The number of rotatable bonds is 7. The van der Waals surface area contributed by atoms with Crippen molar-refractivity contribution in [2.24, 2.45) is 5.41 Å². The summed E-state index contributed by atoms with van der Waals surface area (Å²) in [5.74, 6) is -1.26. The minimum absolute atomic E-state index is 0.0140. The molecule has 21 heavy (non-hydrogen) atoms. The number of unbranched alkanes of at least 4 members (excludes halogenated alkanes) is 1. The largest absolute Gasteiger partial charge is 0.481 e. The highest BCUT2D eigenvalue weighted by atomic mass is 16.5. The van der Waals surface area contributed by atoms with E-state index in [1.54, 1.807) is 0 Å². The van der Waals surface area contributed by atoms with Gasteiger partial charge in [0.05, 0.1) is 0 Å². The van der Waals surface area contributed by atoms with Gasteiger partial charge >= 0.3 is 12.0 Å². The van der Waals surface area contributed by atoms with E-state index in [0.717, 1.165) is 12.8 Å². The van der Waals surface area contributed by atoms with E-state index in [-0.39, 0.29) is 24.2 Å². The van der Waals surface area contributed by atoms with Crippen LogP contribution in [0.15, 0.2) is 0 Å². The number of carbonyl (C=O) groups is 3. The molecule has 3 amide bonds. The summed E-state index contributed by atoms with van der Waals surface area (Å²) in [5, 5.41) is 13.4. The molecule has 0 aromatic rings. The molecule has 0 unspecified atom stereocenters. The van der Waals surface area contributed by atoms with E-state index in [1.807, 2.05) is 0 Å². The number of imide groups is 1. The molecule has 0 aromatic heterocycles. The van der Waals surface area contributed by atoms with E-state index in [0.29, 0.717) is 32.6 Å². The molecule has 1 fully saturated rings. The Labute approximate surface area is 124 Å². The molecule has 7 nitrogen and oxygen atoms in total. The van der Waals surface area contributed by atoms with Crippen LogP contribution in [0, 0.1) is 5.41 Å². The predicted octanol–water partition coefficient (Wildman–Crippen LogP) is 1.27. The van der Waals surface area contributed by atoms with Gasteiger partial charge in [-0.05, 0) is 31.1 Å². The molecular formula is C14H24N2O5. The first-order valence-electron chi connectivity index (χ1n) is 7.28. The number of carbonyl (C=O) groups excluding carboxylic acids is 2. The van der Waals surface area contributed by atoms with Crippen molar-refractivity contribution in [2.45, 2.75) is 45.4 Å². The predicted molar refractivity (Wildman–Crippen MR) is 75.8 cm³/mol. The van der Waals surface area contributed by atoms with Gasteiger partial charge in [-0.3, -0.25) is 14.9 Å². The van der Waals surface area contributed by atoms with Gasteiger partial charge < -0.3 is 15.2 Å². The first-order chi connectivity index (χ1) is 9.91. The van der Waals surface area contributed by atoms with Crippen LogP contribution >= 0.6 is 0 Å². The highest BCUT2D eigenvalue weighted by Crippen LogP contribution is 2.28. The van der Waals surface area contributed by atoms with Crippen molar-refractivity contribution < 1.29 is 24.2 Å². The van der Waals surface area contributed by atoms with Crippen molar-refractivity contribution >= 4 is 17.9 Å². The summed E-state index contributed by atoms with van der Waals surface area (Å²) < 4.78 is 5.28. The second-order valence-corrected chi connectivity index (χ2v) is 5.75. The molecule has 0 atom stereocenters. The Kier molecular flexibility index (Phi) is 7.14. The molecule has 0 saturated carbocycles. The van der Waals surface area contributed by atoms with Gasteiger partial charge in [0.25, 0.3) is 0 Å². The smallest absolute Gasteiger partial charge is 0.321 e. The monoisotopic (exact) mass is 300 g/mol. The Hall–Kier alpha value is -1.63. The van der Waals surface area contributed by atoms with E-state index in [2.05, 4.69) is 17.6 Å². The number of nitrogens with one attached hydrogen (secondary N) is 2. The van der Waals surface area contributed by atoms with E-state index < -0.39 is 12.0 Å². The highest BCUT2D eigenvalue weighted by molar-refractivity contribution is 5.94. The third kappa shape index (κ3) is 7.65. The van der Waals surface area contributed by atoms with Gasteiger partial charge in [-0.25, -0.2) is 4.79 Å². The standard InChI is InChI=1S/C14H24N2O5/c1-14(6-8-21-9-7-14)10-15-13(20)16-11(17)4-2-3-5-12(18)19/h2-10H2,1H3,(H,18,19)(H2,15,16,17,20). The quantitative estimate of drug-likeness (QED) is 0.614. The fourth-order valence-electron chi connectivity index (χ4n) is 2.13. The fourth-order valence-corrected chi connectivity index (χ4v) is 2.13. The summed E-state index contributed by atoms with van der Waals surface area (Å²) in [6.07, 6.45) is 2.86. The Morgan fingerprint density at radius 2 is 1.76 bits per heavy atom. The average Bonchev–Trinajstić information content (AvgIpc) is 2.42. The molecule has 0 spiro atoms. The van der Waals surface area contributed by atoms with Gasteiger partial charge in [-0.15, -0.1) is 0 Å². The summed E-state index contributed by atoms with van der Waals surface area (Å²) >= 11 is 0. The zero-order valence-corrected chi connectivity index (χ0v) is 12.4. The van der Waals surface area contributed by atoms with E-state index in [9.17, 15) is 14.4 Å². The van der Waals surface area contributed by atoms with Crippen molar-refractivity contribution in [1.82, 2.24) is 10.6 Å². The molecule has 120 valence electrons. The second kappa shape index (κ2) is 8.61. The summed E-state index contributed by atoms with van der Waals surface area (Å²) in [5.41, 5.74) is 0.0140. The van der Waals surface area contributed by atoms with Gasteiger partial charge in [0.2, 0.25) is 5.91 Å². The number of hydrogen-bond donors (Lipinski definition) is 3. The van der Waals surface area contributed by atoms with Crippen molar-refractivity contribution in [3.8, 4) is 0 Å². The van der Waals surface area contributed by atoms with Crippen LogP contribution in [0.3, 0.4) is 0 Å². The Balaban J connectivity index is 2.14. The number of amides is 3. The Morgan fingerprint density at radius 1 is 1.14 bits per heavy atom. The fraction of sp³-hybridized carbons (Fsp3) is 0.786. The van der Waals surface area contributed by atoms with Crippen LogP contribution in [-0.2, 0) is 14.3 Å². The van der Waals surface area contributed by atoms with E-state index >= 15 is 0 Å².